The summed E-state index contributed by atoms with van der Waals surface area (Å²) in [6.45, 7) is 2.22. The van der Waals surface area contributed by atoms with Crippen LogP contribution in [0.4, 0.5) is 0 Å². The zero-order valence-corrected chi connectivity index (χ0v) is 19.0. The summed E-state index contributed by atoms with van der Waals surface area (Å²) in [6.07, 6.45) is 0. The second-order valence-corrected chi connectivity index (χ2v) is 9.97. The van der Waals surface area contributed by atoms with Crippen molar-refractivity contribution in [3.8, 4) is 22.6 Å². The van der Waals surface area contributed by atoms with Gasteiger partial charge in [-0.15, -0.1) is 0 Å². The number of hydrogen-bond acceptors (Lipinski definition) is 5. The van der Waals surface area contributed by atoms with Gasteiger partial charge in [-0.1, -0.05) is 48.5 Å². The number of rotatable bonds is 5. The summed E-state index contributed by atoms with van der Waals surface area (Å²) in [7, 11) is -0.580. The van der Waals surface area contributed by atoms with E-state index in [1.165, 1.54) is 42.5 Å². The largest absolute Gasteiger partial charge is 0.493 e. The normalized spacial score (nSPS) is 17.1. The average Bonchev–Trinajstić information content (AvgIpc) is 3.18. The van der Waals surface area contributed by atoms with Crippen molar-refractivity contribution >= 4 is 10.0 Å². The van der Waals surface area contributed by atoms with Gasteiger partial charge in [0, 0.05) is 32.2 Å². The highest BCUT2D eigenvalue weighted by molar-refractivity contribution is 7.89. The standard InChI is InChI=1S/C25H26N2O4S/c1-30-23-12-11-18(17-24(23)31-2)32(28,29)27-15-13-26(14-16-27)25-21-9-5-3-7-19(21)20-8-4-6-10-22(20)25/h3-12,17,25H,13-16H2,1-2H3. The first kappa shape index (κ1) is 21.0. The van der Waals surface area contributed by atoms with Gasteiger partial charge in [0.15, 0.2) is 11.5 Å². The van der Waals surface area contributed by atoms with Gasteiger partial charge in [0.05, 0.1) is 25.2 Å². The molecule has 0 bridgehead atoms. The monoisotopic (exact) mass is 450 g/mol. The Labute approximate surface area is 189 Å². The van der Waals surface area contributed by atoms with Crippen LogP contribution in [0.3, 0.4) is 0 Å². The second-order valence-electron chi connectivity index (χ2n) is 8.03. The van der Waals surface area contributed by atoms with Crippen molar-refractivity contribution in [2.45, 2.75) is 10.9 Å². The predicted molar refractivity (Wildman–Crippen MR) is 124 cm³/mol. The van der Waals surface area contributed by atoms with Gasteiger partial charge in [-0.2, -0.15) is 4.31 Å². The van der Waals surface area contributed by atoms with E-state index in [1.54, 1.807) is 16.4 Å². The molecule has 0 spiro atoms. The van der Waals surface area contributed by atoms with Crippen molar-refractivity contribution in [2.75, 3.05) is 40.4 Å². The first-order valence-corrected chi connectivity index (χ1v) is 12.1. The van der Waals surface area contributed by atoms with Crippen molar-refractivity contribution in [2.24, 2.45) is 0 Å². The van der Waals surface area contributed by atoms with Crippen LogP contribution in [0.25, 0.3) is 11.1 Å². The molecule has 7 heteroatoms. The minimum atomic E-state index is -3.62. The van der Waals surface area contributed by atoms with Gasteiger partial charge in [0.2, 0.25) is 10.0 Å². The van der Waals surface area contributed by atoms with Gasteiger partial charge in [-0.05, 0) is 34.4 Å². The molecule has 1 aliphatic heterocycles. The van der Waals surface area contributed by atoms with Crippen molar-refractivity contribution in [3.05, 3.63) is 77.9 Å². The lowest BCUT2D eigenvalue weighted by molar-refractivity contribution is 0.158. The SMILES string of the molecule is COc1ccc(S(=O)(=O)N2CCN(C3c4ccccc4-c4ccccc43)CC2)cc1OC. The molecule has 2 aliphatic rings. The summed E-state index contributed by atoms with van der Waals surface area (Å²) in [4.78, 5) is 2.62. The lowest BCUT2D eigenvalue weighted by atomic mass is 10.0. The van der Waals surface area contributed by atoms with E-state index in [1.807, 2.05) is 0 Å². The Morgan fingerprint density at radius 1 is 0.750 bits per heavy atom. The van der Waals surface area contributed by atoms with E-state index in [0.29, 0.717) is 37.7 Å². The number of fused-ring (bicyclic) bond motifs is 3. The van der Waals surface area contributed by atoms with E-state index >= 15 is 0 Å². The quantitative estimate of drug-likeness (QED) is 0.592. The lowest BCUT2D eigenvalue weighted by Gasteiger charge is -2.38. The topological polar surface area (TPSA) is 59.1 Å². The Hall–Kier alpha value is -2.87. The zero-order chi connectivity index (χ0) is 22.3. The summed E-state index contributed by atoms with van der Waals surface area (Å²) in [5.74, 6) is 0.918. The summed E-state index contributed by atoms with van der Waals surface area (Å²) in [5, 5.41) is 0. The lowest BCUT2D eigenvalue weighted by Crippen LogP contribution is -2.49. The van der Waals surface area contributed by atoms with Crippen LogP contribution < -0.4 is 9.47 Å². The third-order valence-corrected chi connectivity index (χ3v) is 8.33. The fourth-order valence-electron chi connectivity index (χ4n) is 4.85. The van der Waals surface area contributed by atoms with Crippen molar-refractivity contribution in [1.82, 2.24) is 9.21 Å². The third kappa shape index (κ3) is 3.37. The van der Waals surface area contributed by atoms with Gasteiger partial charge in [0.1, 0.15) is 0 Å². The molecule has 0 amide bonds. The van der Waals surface area contributed by atoms with Crippen molar-refractivity contribution in [1.29, 1.82) is 0 Å². The van der Waals surface area contributed by atoms with E-state index in [9.17, 15) is 8.42 Å². The first-order valence-electron chi connectivity index (χ1n) is 10.7. The average molecular weight is 451 g/mol. The van der Waals surface area contributed by atoms with E-state index < -0.39 is 10.0 Å². The number of benzene rings is 3. The fraction of sp³-hybridized carbons (Fsp3) is 0.280. The van der Waals surface area contributed by atoms with Crippen LogP contribution in [0.1, 0.15) is 17.2 Å². The summed E-state index contributed by atoms with van der Waals surface area (Å²) in [6, 6.07) is 21.9. The first-order chi connectivity index (χ1) is 15.5. The molecule has 6 nitrogen and oxygen atoms in total. The summed E-state index contributed by atoms with van der Waals surface area (Å²) < 4.78 is 38.7. The predicted octanol–water partition coefficient (Wildman–Crippen LogP) is 3.78. The zero-order valence-electron chi connectivity index (χ0n) is 18.2. The third-order valence-electron chi connectivity index (χ3n) is 6.43. The van der Waals surface area contributed by atoms with Crippen LogP contribution in [-0.4, -0.2) is 58.0 Å². The maximum absolute atomic E-state index is 13.3. The summed E-state index contributed by atoms with van der Waals surface area (Å²) >= 11 is 0. The molecule has 1 aliphatic carbocycles. The van der Waals surface area contributed by atoms with Crippen LogP contribution in [0.15, 0.2) is 71.6 Å². The van der Waals surface area contributed by atoms with Crippen molar-refractivity contribution in [3.63, 3.8) is 0 Å². The van der Waals surface area contributed by atoms with E-state index in [0.717, 1.165) is 0 Å². The number of ether oxygens (including phenoxy) is 2. The molecule has 0 aromatic heterocycles. The summed E-state index contributed by atoms with van der Waals surface area (Å²) in [5.41, 5.74) is 5.14. The molecule has 5 rings (SSSR count). The van der Waals surface area contributed by atoms with E-state index in [2.05, 4.69) is 53.4 Å². The highest BCUT2D eigenvalue weighted by Gasteiger charge is 2.36. The highest BCUT2D eigenvalue weighted by Crippen LogP contribution is 2.46. The molecular formula is C25H26N2O4S. The van der Waals surface area contributed by atoms with Gasteiger partial charge in [-0.25, -0.2) is 8.42 Å². The van der Waals surface area contributed by atoms with E-state index in [-0.39, 0.29) is 10.9 Å². The Kier molecular flexibility index (Phi) is 5.41. The van der Waals surface area contributed by atoms with Crippen LogP contribution in [0, 0.1) is 0 Å². The van der Waals surface area contributed by atoms with Crippen LogP contribution in [0.2, 0.25) is 0 Å². The van der Waals surface area contributed by atoms with Crippen LogP contribution >= 0.6 is 0 Å². The maximum Gasteiger partial charge on any atom is 0.243 e. The van der Waals surface area contributed by atoms with Crippen LogP contribution in [-0.2, 0) is 10.0 Å². The smallest absolute Gasteiger partial charge is 0.243 e. The van der Waals surface area contributed by atoms with Crippen LogP contribution in [0.5, 0.6) is 11.5 Å². The van der Waals surface area contributed by atoms with Gasteiger partial charge in [0.25, 0.3) is 0 Å². The van der Waals surface area contributed by atoms with Gasteiger partial charge < -0.3 is 9.47 Å². The Bertz CT molecular complexity index is 1200. The second kappa shape index (κ2) is 8.24. The minimum Gasteiger partial charge on any atom is -0.493 e. The minimum absolute atomic E-state index is 0.160. The molecule has 1 heterocycles. The highest BCUT2D eigenvalue weighted by atomic mass is 32.2. The molecule has 166 valence electrons. The van der Waals surface area contributed by atoms with Gasteiger partial charge in [-0.3, -0.25) is 4.90 Å². The molecular weight excluding hydrogens is 424 g/mol. The van der Waals surface area contributed by atoms with Gasteiger partial charge >= 0.3 is 0 Å². The number of nitrogens with zero attached hydrogens (tertiary/aromatic N) is 2. The molecule has 32 heavy (non-hydrogen) atoms. The fourth-order valence-corrected chi connectivity index (χ4v) is 6.29. The maximum atomic E-state index is 13.3. The number of methoxy groups -OCH3 is 2. The molecule has 3 aromatic rings. The molecule has 0 radical (unpaired) electrons. The Morgan fingerprint density at radius 2 is 1.31 bits per heavy atom. The van der Waals surface area contributed by atoms with E-state index in [4.69, 9.17) is 9.47 Å². The molecule has 1 saturated heterocycles. The Morgan fingerprint density at radius 3 is 1.88 bits per heavy atom. The Balaban J connectivity index is 1.38. The number of piperazine rings is 1. The number of hydrogen-bond donors (Lipinski definition) is 0. The van der Waals surface area contributed by atoms with Crippen molar-refractivity contribution < 1.29 is 17.9 Å². The number of sulfonamides is 1. The molecule has 0 N–H and O–H groups in total. The molecule has 0 atom stereocenters. The molecule has 0 unspecified atom stereocenters. The molecule has 0 saturated carbocycles. The molecule has 3 aromatic carbocycles. The molecule has 1 fully saturated rings.